The lowest BCUT2D eigenvalue weighted by molar-refractivity contribution is -0.152. The van der Waals surface area contributed by atoms with Crippen molar-refractivity contribution >= 4 is 11.7 Å². The van der Waals surface area contributed by atoms with Crippen molar-refractivity contribution in [2.75, 3.05) is 25.1 Å². The second kappa shape index (κ2) is 5.87. The number of rotatable bonds is 4. The Morgan fingerprint density at radius 3 is 2.61 bits per heavy atom. The largest absolute Gasteiger partial charge is 0.464 e. The highest BCUT2D eigenvalue weighted by Crippen LogP contribution is 2.27. The van der Waals surface area contributed by atoms with Gasteiger partial charge >= 0.3 is 5.97 Å². The van der Waals surface area contributed by atoms with Gasteiger partial charge in [-0.15, -0.1) is 0 Å². The van der Waals surface area contributed by atoms with Crippen LogP contribution in [0.2, 0.25) is 0 Å². The topological polar surface area (TPSA) is 47.6 Å². The van der Waals surface area contributed by atoms with E-state index in [4.69, 9.17) is 9.47 Å². The van der Waals surface area contributed by atoms with E-state index >= 15 is 0 Å². The number of nitrogens with one attached hydrogen (secondary N) is 1. The Bertz CT molecular complexity index is 385. The van der Waals surface area contributed by atoms with E-state index in [0.717, 1.165) is 5.69 Å². The minimum absolute atomic E-state index is 0.183. The van der Waals surface area contributed by atoms with Gasteiger partial charge in [0.05, 0.1) is 6.61 Å². The maximum Gasteiger partial charge on any atom is 0.331 e. The first kappa shape index (κ1) is 12.9. The average Bonchev–Trinajstić information content (AvgIpc) is 2.41. The summed E-state index contributed by atoms with van der Waals surface area (Å²) in [7, 11) is 0. The molecule has 4 nitrogen and oxygen atoms in total. The number of ether oxygens (including phenoxy) is 2. The fourth-order valence-corrected chi connectivity index (χ4v) is 2.17. The summed E-state index contributed by atoms with van der Waals surface area (Å²) >= 11 is 0. The summed E-state index contributed by atoms with van der Waals surface area (Å²) in [5, 5.41) is 3.32. The lowest BCUT2D eigenvalue weighted by Gasteiger charge is -2.36. The summed E-state index contributed by atoms with van der Waals surface area (Å²) in [6.45, 7) is 3.39. The Labute approximate surface area is 107 Å². The third-order valence-electron chi connectivity index (χ3n) is 3.17. The lowest BCUT2D eigenvalue weighted by Crippen LogP contribution is -2.51. The fourth-order valence-electron chi connectivity index (χ4n) is 2.17. The molecule has 1 aliphatic heterocycles. The standard InChI is InChI=1S/C14H19NO3/c1-2-18-13(16)14(8-10-17-11-9-14)15-12-6-4-3-5-7-12/h3-7,15H,2,8-11H2,1H3. The Morgan fingerprint density at radius 1 is 1.33 bits per heavy atom. The van der Waals surface area contributed by atoms with Gasteiger partial charge in [-0.05, 0) is 19.1 Å². The maximum absolute atomic E-state index is 12.2. The monoisotopic (exact) mass is 249 g/mol. The van der Waals surface area contributed by atoms with Crippen molar-refractivity contribution in [2.24, 2.45) is 0 Å². The normalized spacial score (nSPS) is 18.1. The van der Waals surface area contributed by atoms with E-state index in [-0.39, 0.29) is 5.97 Å². The van der Waals surface area contributed by atoms with Gasteiger partial charge < -0.3 is 14.8 Å². The molecule has 1 N–H and O–H groups in total. The molecule has 1 aliphatic rings. The lowest BCUT2D eigenvalue weighted by atomic mass is 9.89. The number of para-hydroxylation sites is 1. The number of esters is 1. The predicted octanol–water partition coefficient (Wildman–Crippen LogP) is 2.21. The predicted molar refractivity (Wildman–Crippen MR) is 69.5 cm³/mol. The number of anilines is 1. The quantitative estimate of drug-likeness (QED) is 0.831. The molecule has 4 heteroatoms. The summed E-state index contributed by atoms with van der Waals surface area (Å²) in [5.41, 5.74) is 0.294. The van der Waals surface area contributed by atoms with Crippen LogP contribution < -0.4 is 5.32 Å². The highest BCUT2D eigenvalue weighted by molar-refractivity contribution is 5.84. The number of carbonyl (C=O) groups is 1. The van der Waals surface area contributed by atoms with Crippen LogP contribution in [0.15, 0.2) is 30.3 Å². The SMILES string of the molecule is CCOC(=O)C1(Nc2ccccc2)CCOCC1. The molecule has 0 unspecified atom stereocenters. The Kier molecular flexibility index (Phi) is 4.20. The van der Waals surface area contributed by atoms with Crippen molar-refractivity contribution in [1.82, 2.24) is 0 Å². The Morgan fingerprint density at radius 2 is 2.00 bits per heavy atom. The second-order valence-electron chi connectivity index (χ2n) is 4.41. The summed E-state index contributed by atoms with van der Waals surface area (Å²) in [6, 6.07) is 9.75. The molecule has 0 aliphatic carbocycles. The molecule has 1 aromatic carbocycles. The van der Waals surface area contributed by atoms with Crippen molar-refractivity contribution in [1.29, 1.82) is 0 Å². The summed E-state index contributed by atoms with van der Waals surface area (Å²) in [6.07, 6.45) is 1.28. The molecule has 98 valence electrons. The van der Waals surface area contributed by atoms with Crippen LogP contribution in [0.4, 0.5) is 5.69 Å². The number of benzene rings is 1. The number of carbonyl (C=O) groups excluding carboxylic acids is 1. The molecule has 18 heavy (non-hydrogen) atoms. The van der Waals surface area contributed by atoms with Crippen LogP contribution >= 0.6 is 0 Å². The van der Waals surface area contributed by atoms with Crippen LogP contribution in [0.5, 0.6) is 0 Å². The maximum atomic E-state index is 12.2. The third kappa shape index (κ3) is 2.82. The van der Waals surface area contributed by atoms with Gasteiger partial charge in [-0.25, -0.2) is 4.79 Å². The van der Waals surface area contributed by atoms with Crippen LogP contribution in [0.1, 0.15) is 19.8 Å². The van der Waals surface area contributed by atoms with E-state index in [1.54, 1.807) is 0 Å². The van der Waals surface area contributed by atoms with Crippen LogP contribution in [-0.4, -0.2) is 31.3 Å². The van der Waals surface area contributed by atoms with E-state index in [0.29, 0.717) is 32.7 Å². The van der Waals surface area contributed by atoms with Crippen LogP contribution in [-0.2, 0) is 14.3 Å². The molecule has 0 amide bonds. The molecule has 0 bridgehead atoms. The van der Waals surface area contributed by atoms with E-state index in [1.807, 2.05) is 37.3 Å². The van der Waals surface area contributed by atoms with Crippen molar-refractivity contribution in [2.45, 2.75) is 25.3 Å². The Balaban J connectivity index is 2.16. The molecule has 0 atom stereocenters. The zero-order valence-corrected chi connectivity index (χ0v) is 10.6. The van der Waals surface area contributed by atoms with Gasteiger partial charge in [-0.1, -0.05) is 18.2 Å². The molecule has 0 aromatic heterocycles. The molecule has 0 radical (unpaired) electrons. The average molecular weight is 249 g/mol. The molecular formula is C14H19NO3. The summed E-state index contributed by atoms with van der Waals surface area (Å²) in [4.78, 5) is 12.2. The zero-order chi connectivity index (χ0) is 12.8. The third-order valence-corrected chi connectivity index (χ3v) is 3.17. The van der Waals surface area contributed by atoms with Gasteiger partial charge in [0, 0.05) is 31.7 Å². The molecule has 1 fully saturated rings. The van der Waals surface area contributed by atoms with Gasteiger partial charge in [-0.2, -0.15) is 0 Å². The van der Waals surface area contributed by atoms with Crippen molar-refractivity contribution in [3.63, 3.8) is 0 Å². The van der Waals surface area contributed by atoms with Crippen molar-refractivity contribution in [3.05, 3.63) is 30.3 Å². The van der Waals surface area contributed by atoms with Gasteiger partial charge in [0.15, 0.2) is 0 Å². The molecule has 1 heterocycles. The Hall–Kier alpha value is -1.55. The van der Waals surface area contributed by atoms with Gasteiger partial charge in [-0.3, -0.25) is 0 Å². The van der Waals surface area contributed by atoms with Crippen LogP contribution in [0.25, 0.3) is 0 Å². The molecule has 0 spiro atoms. The smallest absolute Gasteiger partial charge is 0.331 e. The highest BCUT2D eigenvalue weighted by Gasteiger charge is 2.41. The number of hydrogen-bond acceptors (Lipinski definition) is 4. The first-order valence-corrected chi connectivity index (χ1v) is 6.35. The van der Waals surface area contributed by atoms with Crippen LogP contribution in [0, 0.1) is 0 Å². The van der Waals surface area contributed by atoms with Gasteiger partial charge in [0.2, 0.25) is 0 Å². The van der Waals surface area contributed by atoms with Crippen molar-refractivity contribution in [3.8, 4) is 0 Å². The minimum Gasteiger partial charge on any atom is -0.464 e. The van der Waals surface area contributed by atoms with Gasteiger partial charge in [0.1, 0.15) is 5.54 Å². The molecule has 1 saturated heterocycles. The fraction of sp³-hybridized carbons (Fsp3) is 0.500. The first-order chi connectivity index (χ1) is 8.77. The molecule has 2 rings (SSSR count). The van der Waals surface area contributed by atoms with E-state index < -0.39 is 5.54 Å². The minimum atomic E-state index is -0.643. The summed E-state index contributed by atoms with van der Waals surface area (Å²) in [5.74, 6) is -0.183. The molecule has 1 aromatic rings. The summed E-state index contributed by atoms with van der Waals surface area (Å²) < 4.78 is 10.5. The van der Waals surface area contributed by atoms with E-state index in [1.165, 1.54) is 0 Å². The highest BCUT2D eigenvalue weighted by atomic mass is 16.5. The first-order valence-electron chi connectivity index (χ1n) is 6.35. The molecule has 0 saturated carbocycles. The molecular weight excluding hydrogens is 230 g/mol. The second-order valence-corrected chi connectivity index (χ2v) is 4.41. The van der Waals surface area contributed by atoms with E-state index in [2.05, 4.69) is 5.32 Å². The van der Waals surface area contributed by atoms with E-state index in [9.17, 15) is 4.79 Å². The van der Waals surface area contributed by atoms with Crippen molar-refractivity contribution < 1.29 is 14.3 Å². The zero-order valence-electron chi connectivity index (χ0n) is 10.6. The number of hydrogen-bond donors (Lipinski definition) is 1. The van der Waals surface area contributed by atoms with Crippen LogP contribution in [0.3, 0.4) is 0 Å². The van der Waals surface area contributed by atoms with Gasteiger partial charge in [0.25, 0.3) is 0 Å².